The number of halogens is 1. The van der Waals surface area contributed by atoms with Crippen LogP contribution in [0.25, 0.3) is 22.0 Å². The number of rotatable bonds is 4. The molecule has 0 spiro atoms. The van der Waals surface area contributed by atoms with E-state index in [0.717, 1.165) is 22.0 Å². The first-order chi connectivity index (χ1) is 10.6. The Morgan fingerprint density at radius 1 is 1.14 bits per heavy atom. The molecule has 1 unspecified atom stereocenters. The molecule has 0 radical (unpaired) electrons. The molecule has 0 saturated heterocycles. The van der Waals surface area contributed by atoms with Crippen molar-refractivity contribution in [3.8, 4) is 11.3 Å². The maximum atomic E-state index is 9.41. The number of pyridine rings is 1. The van der Waals surface area contributed by atoms with Gasteiger partial charge in [-0.25, -0.2) is 0 Å². The van der Waals surface area contributed by atoms with E-state index in [-0.39, 0.29) is 0 Å². The molecule has 0 aliphatic heterocycles. The van der Waals surface area contributed by atoms with E-state index >= 15 is 0 Å². The van der Waals surface area contributed by atoms with Crippen LogP contribution in [-0.4, -0.2) is 32.9 Å². The fraction of sp³-hybridized carbons (Fsp3) is 0.188. The van der Waals surface area contributed by atoms with Crippen LogP contribution in [0.2, 0.25) is 5.02 Å². The lowest BCUT2D eigenvalue weighted by molar-refractivity contribution is 0.208. The summed E-state index contributed by atoms with van der Waals surface area (Å²) in [5.41, 5.74) is 1.71. The average Bonchev–Trinajstić information content (AvgIpc) is 2.53. The van der Waals surface area contributed by atoms with Crippen LogP contribution in [0.1, 0.15) is 6.92 Å². The zero-order valence-electron chi connectivity index (χ0n) is 12.0. The molecule has 0 saturated carbocycles. The van der Waals surface area contributed by atoms with Crippen molar-refractivity contribution >= 4 is 28.2 Å². The van der Waals surface area contributed by atoms with Crippen LogP contribution < -0.4 is 5.32 Å². The maximum absolute atomic E-state index is 9.41. The molecule has 1 atom stereocenters. The molecule has 0 aliphatic rings. The Kier molecular flexibility index (Phi) is 4.18. The van der Waals surface area contributed by atoms with E-state index < -0.39 is 6.10 Å². The Bertz CT molecular complexity index is 790. The largest absolute Gasteiger partial charge is 0.392 e. The van der Waals surface area contributed by atoms with Crippen LogP contribution in [0.3, 0.4) is 0 Å². The lowest BCUT2D eigenvalue weighted by atomic mass is 10.1. The lowest BCUT2D eigenvalue weighted by Gasteiger charge is -2.11. The summed E-state index contributed by atoms with van der Waals surface area (Å²) in [4.78, 5) is 4.16. The summed E-state index contributed by atoms with van der Waals surface area (Å²) in [6.45, 7) is 2.11. The minimum atomic E-state index is -0.468. The van der Waals surface area contributed by atoms with Crippen LogP contribution >= 0.6 is 11.6 Å². The number of nitrogens with zero attached hydrogens (tertiary/aromatic N) is 3. The Morgan fingerprint density at radius 2 is 1.91 bits per heavy atom. The summed E-state index contributed by atoms with van der Waals surface area (Å²) in [6, 6.07) is 9.38. The summed E-state index contributed by atoms with van der Waals surface area (Å²) < 4.78 is 0. The summed E-state index contributed by atoms with van der Waals surface area (Å²) in [5.74, 6) is 0.613. The summed E-state index contributed by atoms with van der Waals surface area (Å²) in [5, 5.41) is 23.5. The van der Waals surface area contributed by atoms with Gasteiger partial charge in [0.15, 0.2) is 5.82 Å². The second kappa shape index (κ2) is 6.25. The van der Waals surface area contributed by atoms with E-state index in [4.69, 9.17) is 11.6 Å². The van der Waals surface area contributed by atoms with Gasteiger partial charge in [-0.1, -0.05) is 23.7 Å². The molecule has 6 heteroatoms. The molecule has 2 heterocycles. The molecule has 2 aromatic heterocycles. The first-order valence-electron chi connectivity index (χ1n) is 6.93. The van der Waals surface area contributed by atoms with Crippen LogP contribution in [0.5, 0.6) is 0 Å². The van der Waals surface area contributed by atoms with Gasteiger partial charge < -0.3 is 10.4 Å². The SMILES string of the molecule is CC(O)CNc1nnc(-c2ccc(Cl)cc2)c2ccncc12. The number of hydrogen-bond donors (Lipinski definition) is 2. The van der Waals surface area contributed by atoms with Gasteiger partial charge in [0.05, 0.1) is 6.10 Å². The van der Waals surface area contributed by atoms with E-state index in [2.05, 4.69) is 20.5 Å². The van der Waals surface area contributed by atoms with Crippen molar-refractivity contribution in [2.24, 2.45) is 0 Å². The minimum Gasteiger partial charge on any atom is -0.392 e. The third-order valence-corrected chi connectivity index (χ3v) is 3.52. The number of hydrogen-bond acceptors (Lipinski definition) is 5. The van der Waals surface area contributed by atoms with Crippen molar-refractivity contribution in [1.29, 1.82) is 0 Å². The first kappa shape index (κ1) is 14.7. The van der Waals surface area contributed by atoms with Crippen molar-refractivity contribution < 1.29 is 5.11 Å². The summed E-state index contributed by atoms with van der Waals surface area (Å²) in [7, 11) is 0. The fourth-order valence-electron chi connectivity index (χ4n) is 2.19. The Labute approximate surface area is 133 Å². The smallest absolute Gasteiger partial charge is 0.158 e. The highest BCUT2D eigenvalue weighted by Gasteiger charge is 2.11. The number of nitrogens with one attached hydrogen (secondary N) is 1. The standard InChI is InChI=1S/C16H15ClN4O/c1-10(22)8-19-16-14-9-18-7-6-13(14)15(20-21-16)11-2-4-12(17)5-3-11/h2-7,9-10,22H,8H2,1H3,(H,19,21). The Balaban J connectivity index is 2.09. The summed E-state index contributed by atoms with van der Waals surface area (Å²) in [6.07, 6.45) is 3.00. The number of anilines is 1. The van der Waals surface area contributed by atoms with Gasteiger partial charge in [0.1, 0.15) is 5.69 Å². The molecule has 22 heavy (non-hydrogen) atoms. The van der Waals surface area contributed by atoms with Gasteiger partial charge in [-0.05, 0) is 25.1 Å². The van der Waals surface area contributed by atoms with Crippen molar-refractivity contribution in [1.82, 2.24) is 15.2 Å². The van der Waals surface area contributed by atoms with Crippen molar-refractivity contribution in [2.45, 2.75) is 13.0 Å². The highest BCUT2D eigenvalue weighted by atomic mass is 35.5. The van der Waals surface area contributed by atoms with Crippen LogP contribution in [0.15, 0.2) is 42.7 Å². The molecule has 112 valence electrons. The first-order valence-corrected chi connectivity index (χ1v) is 7.31. The number of fused-ring (bicyclic) bond motifs is 1. The van der Waals surface area contributed by atoms with Gasteiger partial charge in [0.25, 0.3) is 0 Å². The Hall–Kier alpha value is -2.24. The number of aromatic nitrogens is 3. The average molecular weight is 315 g/mol. The molecular weight excluding hydrogens is 300 g/mol. The molecule has 3 aromatic rings. The highest BCUT2D eigenvalue weighted by molar-refractivity contribution is 6.30. The van der Waals surface area contributed by atoms with E-state index in [1.807, 2.05) is 30.3 Å². The molecule has 0 aliphatic carbocycles. The van der Waals surface area contributed by atoms with Crippen LogP contribution in [0, 0.1) is 0 Å². The highest BCUT2D eigenvalue weighted by Crippen LogP contribution is 2.29. The third-order valence-electron chi connectivity index (χ3n) is 3.26. The summed E-state index contributed by atoms with van der Waals surface area (Å²) >= 11 is 5.93. The minimum absolute atomic E-state index is 0.402. The van der Waals surface area contributed by atoms with Crippen molar-refractivity contribution in [3.63, 3.8) is 0 Å². The second-order valence-corrected chi connectivity index (χ2v) is 5.49. The zero-order valence-corrected chi connectivity index (χ0v) is 12.7. The van der Waals surface area contributed by atoms with E-state index in [1.54, 1.807) is 19.3 Å². The molecular formula is C16H15ClN4O. The number of aliphatic hydroxyl groups is 1. The second-order valence-electron chi connectivity index (χ2n) is 5.06. The molecule has 3 rings (SSSR count). The maximum Gasteiger partial charge on any atom is 0.158 e. The molecule has 1 aromatic carbocycles. The predicted octanol–water partition coefficient (Wildman–Crippen LogP) is 3.14. The molecule has 0 amide bonds. The van der Waals surface area contributed by atoms with Crippen molar-refractivity contribution in [3.05, 3.63) is 47.7 Å². The monoisotopic (exact) mass is 314 g/mol. The molecule has 0 bridgehead atoms. The Morgan fingerprint density at radius 3 is 2.64 bits per heavy atom. The van der Waals surface area contributed by atoms with E-state index in [0.29, 0.717) is 17.4 Å². The van der Waals surface area contributed by atoms with E-state index in [1.165, 1.54) is 0 Å². The number of aliphatic hydroxyl groups excluding tert-OH is 1. The molecule has 5 nitrogen and oxygen atoms in total. The fourth-order valence-corrected chi connectivity index (χ4v) is 2.32. The van der Waals surface area contributed by atoms with Crippen LogP contribution in [0.4, 0.5) is 5.82 Å². The van der Waals surface area contributed by atoms with Gasteiger partial charge in [-0.2, -0.15) is 0 Å². The zero-order chi connectivity index (χ0) is 15.5. The predicted molar refractivity (Wildman–Crippen MR) is 87.9 cm³/mol. The van der Waals surface area contributed by atoms with Crippen LogP contribution in [-0.2, 0) is 0 Å². The normalized spacial score (nSPS) is 12.3. The van der Waals surface area contributed by atoms with Crippen molar-refractivity contribution in [2.75, 3.05) is 11.9 Å². The third kappa shape index (κ3) is 3.00. The number of benzene rings is 1. The van der Waals surface area contributed by atoms with E-state index in [9.17, 15) is 5.11 Å². The van der Waals surface area contributed by atoms with Gasteiger partial charge >= 0.3 is 0 Å². The van der Waals surface area contributed by atoms with Gasteiger partial charge in [-0.3, -0.25) is 4.98 Å². The quantitative estimate of drug-likeness (QED) is 0.774. The molecule has 0 fully saturated rings. The lowest BCUT2D eigenvalue weighted by Crippen LogP contribution is -2.16. The topological polar surface area (TPSA) is 70.9 Å². The van der Waals surface area contributed by atoms with Gasteiger partial charge in [0, 0.05) is 40.3 Å². The van der Waals surface area contributed by atoms with Gasteiger partial charge in [-0.15, -0.1) is 10.2 Å². The molecule has 2 N–H and O–H groups in total. The van der Waals surface area contributed by atoms with Gasteiger partial charge in [0.2, 0.25) is 0 Å².